The highest BCUT2D eigenvalue weighted by molar-refractivity contribution is 7.90. The second-order valence-corrected chi connectivity index (χ2v) is 8.87. The van der Waals surface area contributed by atoms with Crippen LogP contribution in [0.1, 0.15) is 50.3 Å². The summed E-state index contributed by atoms with van der Waals surface area (Å²) in [5.74, 6) is 0.807. The van der Waals surface area contributed by atoms with Crippen molar-refractivity contribution < 1.29 is 17.9 Å². The molecular weight excluding hydrogens is 362 g/mol. The summed E-state index contributed by atoms with van der Waals surface area (Å²) in [6.45, 7) is 6.05. The molecule has 0 bridgehead atoms. The molecule has 1 unspecified atom stereocenters. The van der Waals surface area contributed by atoms with Crippen LogP contribution in [0.2, 0.25) is 0 Å². The minimum atomic E-state index is -3.23. The molecule has 0 aliphatic heterocycles. The van der Waals surface area contributed by atoms with Gasteiger partial charge in [0, 0.05) is 6.26 Å². The summed E-state index contributed by atoms with van der Waals surface area (Å²) in [4.78, 5) is 12.6. The average molecular weight is 390 g/mol. The zero-order chi connectivity index (χ0) is 20.0. The number of para-hydroxylation sites is 1. The van der Waals surface area contributed by atoms with Crippen LogP contribution < -0.4 is 10.1 Å². The van der Waals surface area contributed by atoms with Gasteiger partial charge in [0.2, 0.25) is 0 Å². The minimum absolute atomic E-state index is 0.0678. The molecule has 1 atom stereocenters. The third kappa shape index (κ3) is 5.82. The maximum absolute atomic E-state index is 12.3. The second-order valence-electron chi connectivity index (χ2n) is 6.85. The van der Waals surface area contributed by atoms with Crippen molar-refractivity contribution in [1.82, 2.24) is 5.32 Å². The first-order chi connectivity index (χ1) is 12.7. The predicted molar refractivity (Wildman–Crippen MR) is 107 cm³/mol. The average Bonchev–Trinajstić information content (AvgIpc) is 2.64. The fourth-order valence-corrected chi connectivity index (χ4v) is 3.47. The fourth-order valence-electron chi connectivity index (χ4n) is 2.84. The third-order valence-corrected chi connectivity index (χ3v) is 5.48. The van der Waals surface area contributed by atoms with E-state index in [-0.39, 0.29) is 23.5 Å². The van der Waals surface area contributed by atoms with Crippen molar-refractivity contribution in [1.29, 1.82) is 0 Å². The molecule has 2 aromatic rings. The van der Waals surface area contributed by atoms with Crippen LogP contribution in [0.5, 0.6) is 5.75 Å². The maximum atomic E-state index is 12.3. The molecule has 5 nitrogen and oxygen atoms in total. The first kappa shape index (κ1) is 21.0. The van der Waals surface area contributed by atoms with Gasteiger partial charge in [-0.3, -0.25) is 4.79 Å². The number of carbonyl (C=O) groups is 1. The van der Waals surface area contributed by atoms with Crippen molar-refractivity contribution in [2.75, 3.05) is 12.9 Å². The highest BCUT2D eigenvalue weighted by atomic mass is 32.2. The zero-order valence-electron chi connectivity index (χ0n) is 16.2. The number of sulfone groups is 1. The Hall–Kier alpha value is -2.34. The van der Waals surface area contributed by atoms with E-state index in [1.807, 2.05) is 31.2 Å². The zero-order valence-corrected chi connectivity index (χ0v) is 17.0. The Morgan fingerprint density at radius 1 is 1.07 bits per heavy atom. The van der Waals surface area contributed by atoms with Crippen molar-refractivity contribution in [3.8, 4) is 5.75 Å². The van der Waals surface area contributed by atoms with Gasteiger partial charge in [-0.1, -0.05) is 51.1 Å². The summed E-state index contributed by atoms with van der Waals surface area (Å²) in [6, 6.07) is 14.1. The molecule has 0 spiro atoms. The first-order valence-electron chi connectivity index (χ1n) is 9.03. The number of rotatable bonds is 8. The minimum Gasteiger partial charge on any atom is -0.483 e. The number of ether oxygens (including phenoxy) is 1. The standard InChI is InChI=1S/C21H27NO4S/c1-5-19(16-10-12-17(13-11-16)27(4,24)25)22-21(23)14-26-20-9-7-6-8-18(20)15(2)3/h6-13,15,19H,5,14H2,1-4H3,(H,22,23). The van der Waals surface area contributed by atoms with Gasteiger partial charge >= 0.3 is 0 Å². The van der Waals surface area contributed by atoms with Gasteiger partial charge in [-0.15, -0.1) is 0 Å². The van der Waals surface area contributed by atoms with E-state index < -0.39 is 9.84 Å². The molecule has 0 radical (unpaired) electrons. The van der Waals surface area contributed by atoms with E-state index >= 15 is 0 Å². The number of hydrogen-bond acceptors (Lipinski definition) is 4. The summed E-state index contributed by atoms with van der Waals surface area (Å²) in [6.07, 6.45) is 1.86. The van der Waals surface area contributed by atoms with Gasteiger partial charge < -0.3 is 10.1 Å². The van der Waals surface area contributed by atoms with Crippen LogP contribution in [0.25, 0.3) is 0 Å². The third-order valence-electron chi connectivity index (χ3n) is 4.35. The quantitative estimate of drug-likeness (QED) is 0.744. The molecule has 146 valence electrons. The summed E-state index contributed by atoms with van der Waals surface area (Å²) in [7, 11) is -3.23. The number of benzene rings is 2. The van der Waals surface area contributed by atoms with Gasteiger partial charge in [0.15, 0.2) is 16.4 Å². The van der Waals surface area contributed by atoms with E-state index in [9.17, 15) is 13.2 Å². The summed E-state index contributed by atoms with van der Waals surface area (Å²) < 4.78 is 28.9. The lowest BCUT2D eigenvalue weighted by Crippen LogP contribution is -2.32. The number of nitrogens with one attached hydrogen (secondary N) is 1. The lowest BCUT2D eigenvalue weighted by Gasteiger charge is -2.19. The molecule has 0 aliphatic rings. The van der Waals surface area contributed by atoms with Crippen molar-refractivity contribution >= 4 is 15.7 Å². The largest absolute Gasteiger partial charge is 0.483 e. The molecule has 6 heteroatoms. The first-order valence-corrected chi connectivity index (χ1v) is 10.9. The van der Waals surface area contributed by atoms with Crippen LogP contribution in [0.3, 0.4) is 0 Å². The van der Waals surface area contributed by atoms with Crippen molar-refractivity contribution in [3.05, 3.63) is 59.7 Å². The van der Waals surface area contributed by atoms with Crippen LogP contribution in [0.15, 0.2) is 53.4 Å². The Morgan fingerprint density at radius 2 is 1.70 bits per heavy atom. The number of amides is 1. The van der Waals surface area contributed by atoms with E-state index in [2.05, 4.69) is 19.2 Å². The van der Waals surface area contributed by atoms with E-state index in [1.165, 1.54) is 6.26 Å². The highest BCUT2D eigenvalue weighted by Gasteiger charge is 2.15. The highest BCUT2D eigenvalue weighted by Crippen LogP contribution is 2.26. The summed E-state index contributed by atoms with van der Waals surface area (Å²) in [5.41, 5.74) is 1.93. The molecule has 2 aromatic carbocycles. The Labute approximate surface area is 161 Å². The topological polar surface area (TPSA) is 72.5 Å². The second kappa shape index (κ2) is 9.04. The normalized spacial score (nSPS) is 12.6. The molecule has 0 heterocycles. The monoisotopic (exact) mass is 389 g/mol. The maximum Gasteiger partial charge on any atom is 0.258 e. The Bertz CT molecular complexity index is 873. The molecule has 0 saturated heterocycles. The molecule has 2 rings (SSSR count). The molecule has 0 saturated carbocycles. The van der Waals surface area contributed by atoms with Gasteiger partial charge in [0.25, 0.3) is 5.91 Å². The van der Waals surface area contributed by atoms with Crippen LogP contribution >= 0.6 is 0 Å². The van der Waals surface area contributed by atoms with E-state index in [0.29, 0.717) is 18.1 Å². The predicted octanol–water partition coefficient (Wildman–Crippen LogP) is 3.86. The molecule has 0 aliphatic carbocycles. The van der Waals surface area contributed by atoms with Crippen molar-refractivity contribution in [2.45, 2.75) is 44.0 Å². The van der Waals surface area contributed by atoms with Crippen LogP contribution in [0.4, 0.5) is 0 Å². The van der Waals surface area contributed by atoms with Crippen LogP contribution in [0, 0.1) is 0 Å². The van der Waals surface area contributed by atoms with Crippen LogP contribution in [-0.2, 0) is 14.6 Å². The van der Waals surface area contributed by atoms with Gasteiger partial charge in [0.05, 0.1) is 10.9 Å². The summed E-state index contributed by atoms with van der Waals surface area (Å²) >= 11 is 0. The van der Waals surface area contributed by atoms with Gasteiger partial charge in [-0.25, -0.2) is 8.42 Å². The molecule has 1 amide bonds. The molecule has 1 N–H and O–H groups in total. The van der Waals surface area contributed by atoms with E-state index in [4.69, 9.17) is 4.74 Å². The SMILES string of the molecule is CCC(NC(=O)COc1ccccc1C(C)C)c1ccc(S(C)(=O)=O)cc1. The lowest BCUT2D eigenvalue weighted by molar-refractivity contribution is -0.123. The Kier molecular flexibility index (Phi) is 7.02. The van der Waals surface area contributed by atoms with Gasteiger partial charge in [0.1, 0.15) is 5.75 Å². The smallest absolute Gasteiger partial charge is 0.258 e. The van der Waals surface area contributed by atoms with Crippen molar-refractivity contribution in [2.24, 2.45) is 0 Å². The molecule has 27 heavy (non-hydrogen) atoms. The molecule has 0 aromatic heterocycles. The lowest BCUT2D eigenvalue weighted by atomic mass is 10.0. The molecule has 0 fully saturated rings. The van der Waals surface area contributed by atoms with Gasteiger partial charge in [-0.05, 0) is 41.7 Å². The van der Waals surface area contributed by atoms with Crippen molar-refractivity contribution in [3.63, 3.8) is 0 Å². The Morgan fingerprint density at radius 3 is 2.26 bits per heavy atom. The Balaban J connectivity index is 2.01. The van der Waals surface area contributed by atoms with Gasteiger partial charge in [-0.2, -0.15) is 0 Å². The molecular formula is C21H27NO4S. The van der Waals surface area contributed by atoms with E-state index in [0.717, 1.165) is 11.1 Å². The number of hydrogen-bond donors (Lipinski definition) is 1. The van der Waals surface area contributed by atoms with Crippen LogP contribution in [-0.4, -0.2) is 27.2 Å². The number of carbonyl (C=O) groups excluding carboxylic acids is 1. The fraction of sp³-hybridized carbons (Fsp3) is 0.381. The van der Waals surface area contributed by atoms with E-state index in [1.54, 1.807) is 24.3 Å². The summed E-state index contributed by atoms with van der Waals surface area (Å²) in [5, 5.41) is 2.95.